The highest BCUT2D eigenvalue weighted by atomic mass is 32.2. The van der Waals surface area contributed by atoms with Gasteiger partial charge in [0.25, 0.3) is 0 Å². The Morgan fingerprint density at radius 3 is 2.35 bits per heavy atom. The van der Waals surface area contributed by atoms with E-state index in [4.69, 9.17) is 5.73 Å². The normalized spacial score (nSPS) is 20.4. The molecule has 0 bridgehead atoms. The predicted octanol–water partition coefficient (Wildman–Crippen LogP) is 2.12. The molecule has 1 unspecified atom stereocenters. The van der Waals surface area contributed by atoms with Gasteiger partial charge in [0.1, 0.15) is 0 Å². The van der Waals surface area contributed by atoms with Gasteiger partial charge in [-0.1, -0.05) is 6.42 Å². The Balaban J connectivity index is 2.30. The summed E-state index contributed by atoms with van der Waals surface area (Å²) < 4.78 is 64.1. The molecule has 1 saturated heterocycles. The van der Waals surface area contributed by atoms with Gasteiger partial charge in [0.05, 0.1) is 10.5 Å². The van der Waals surface area contributed by atoms with Crippen molar-refractivity contribution in [2.75, 3.05) is 6.54 Å². The van der Waals surface area contributed by atoms with E-state index in [2.05, 4.69) is 0 Å². The number of nitrogens with two attached hydrogens (primary N) is 1. The highest BCUT2D eigenvalue weighted by Gasteiger charge is 2.35. The van der Waals surface area contributed by atoms with Crippen LogP contribution >= 0.6 is 0 Å². The molecule has 23 heavy (non-hydrogen) atoms. The Kier molecular flexibility index (Phi) is 5.00. The van der Waals surface area contributed by atoms with Gasteiger partial charge < -0.3 is 5.73 Å². The van der Waals surface area contributed by atoms with E-state index in [9.17, 15) is 26.4 Å². The van der Waals surface area contributed by atoms with Crippen LogP contribution in [-0.4, -0.2) is 31.2 Å². The summed E-state index contributed by atoms with van der Waals surface area (Å²) in [6, 6.07) is 2.80. The van der Waals surface area contributed by atoms with Gasteiger partial charge in [0.2, 0.25) is 15.9 Å². The first kappa shape index (κ1) is 17.7. The van der Waals surface area contributed by atoms with Crippen LogP contribution in [0.15, 0.2) is 29.2 Å². The molecule has 1 aromatic carbocycles. The van der Waals surface area contributed by atoms with Crippen molar-refractivity contribution in [3.8, 4) is 0 Å². The first-order chi connectivity index (χ1) is 10.6. The largest absolute Gasteiger partial charge is 0.416 e. The smallest absolute Gasteiger partial charge is 0.370 e. The van der Waals surface area contributed by atoms with Gasteiger partial charge in [-0.25, -0.2) is 8.42 Å². The molecule has 1 atom stereocenters. The highest BCUT2D eigenvalue weighted by Crippen LogP contribution is 2.31. The summed E-state index contributed by atoms with van der Waals surface area (Å²) in [5, 5.41) is 0. The number of hydrogen-bond donors (Lipinski definition) is 1. The summed E-state index contributed by atoms with van der Waals surface area (Å²) >= 11 is 0. The van der Waals surface area contributed by atoms with Crippen LogP contribution in [0.5, 0.6) is 0 Å². The minimum atomic E-state index is -4.53. The maximum atomic E-state index is 12.6. The fourth-order valence-electron chi connectivity index (χ4n) is 2.68. The molecular weight excluding hydrogens is 333 g/mol. The zero-order chi connectivity index (χ0) is 17.3. The number of primary amides is 1. The van der Waals surface area contributed by atoms with Gasteiger partial charge in [-0.05, 0) is 37.1 Å². The number of rotatable bonds is 4. The maximum Gasteiger partial charge on any atom is 0.416 e. The molecule has 0 saturated carbocycles. The van der Waals surface area contributed by atoms with Crippen LogP contribution in [-0.2, 0) is 21.0 Å². The van der Waals surface area contributed by atoms with E-state index in [1.54, 1.807) is 0 Å². The van der Waals surface area contributed by atoms with Crippen molar-refractivity contribution < 1.29 is 26.4 Å². The van der Waals surface area contributed by atoms with E-state index in [1.807, 2.05) is 0 Å². The Morgan fingerprint density at radius 2 is 1.83 bits per heavy atom. The van der Waals surface area contributed by atoms with Gasteiger partial charge in [-0.3, -0.25) is 4.79 Å². The number of amides is 1. The lowest BCUT2D eigenvalue weighted by Crippen LogP contribution is -2.45. The fraction of sp³-hybridized carbons (Fsp3) is 0.500. The van der Waals surface area contributed by atoms with E-state index in [-0.39, 0.29) is 17.9 Å². The van der Waals surface area contributed by atoms with E-state index in [1.165, 1.54) is 4.31 Å². The number of nitrogens with zero attached hydrogens (tertiary/aromatic N) is 1. The molecule has 5 nitrogen and oxygen atoms in total. The van der Waals surface area contributed by atoms with E-state index < -0.39 is 33.7 Å². The van der Waals surface area contributed by atoms with Crippen molar-refractivity contribution in [3.05, 3.63) is 29.8 Å². The van der Waals surface area contributed by atoms with Crippen molar-refractivity contribution in [2.45, 2.75) is 42.8 Å². The number of alkyl halides is 3. The second-order valence-corrected chi connectivity index (χ2v) is 7.35. The zero-order valence-corrected chi connectivity index (χ0v) is 13.0. The predicted molar refractivity (Wildman–Crippen MR) is 76.8 cm³/mol. The number of carbonyl (C=O) groups excluding carboxylic acids is 1. The molecule has 0 radical (unpaired) electrons. The van der Waals surface area contributed by atoms with Crippen LogP contribution in [0.2, 0.25) is 0 Å². The van der Waals surface area contributed by atoms with Crippen LogP contribution in [0.25, 0.3) is 0 Å². The van der Waals surface area contributed by atoms with Gasteiger partial charge >= 0.3 is 6.18 Å². The number of benzene rings is 1. The first-order valence-corrected chi connectivity index (χ1v) is 8.54. The highest BCUT2D eigenvalue weighted by molar-refractivity contribution is 7.89. The summed E-state index contributed by atoms with van der Waals surface area (Å²) in [5.41, 5.74) is 4.24. The lowest BCUT2D eigenvalue weighted by atomic mass is 10.0. The summed E-state index contributed by atoms with van der Waals surface area (Å²) in [7, 11) is -3.96. The summed E-state index contributed by atoms with van der Waals surface area (Å²) in [5.74, 6) is -0.607. The number of piperidine rings is 1. The zero-order valence-electron chi connectivity index (χ0n) is 12.2. The Bertz CT molecular complexity index is 672. The summed E-state index contributed by atoms with van der Waals surface area (Å²) in [4.78, 5) is 10.9. The average molecular weight is 350 g/mol. The second kappa shape index (κ2) is 6.48. The first-order valence-electron chi connectivity index (χ1n) is 7.10. The number of halogens is 3. The van der Waals surface area contributed by atoms with E-state index in [0.717, 1.165) is 30.7 Å². The quantitative estimate of drug-likeness (QED) is 0.903. The van der Waals surface area contributed by atoms with Gasteiger partial charge in [0.15, 0.2) is 0 Å². The Labute approximate surface area is 132 Å². The van der Waals surface area contributed by atoms with E-state index >= 15 is 0 Å². The van der Waals surface area contributed by atoms with Gasteiger partial charge in [-0.2, -0.15) is 17.5 Å². The SMILES string of the molecule is NC(=O)CC1CCCCN1S(=O)(=O)c1ccc(C(F)(F)F)cc1. The molecule has 0 aromatic heterocycles. The molecule has 1 amide bonds. The van der Waals surface area contributed by atoms with Crippen LogP contribution < -0.4 is 5.73 Å². The van der Waals surface area contributed by atoms with Crippen molar-refractivity contribution in [1.82, 2.24) is 4.31 Å². The van der Waals surface area contributed by atoms with Crippen molar-refractivity contribution in [2.24, 2.45) is 5.73 Å². The molecular formula is C14H17F3N2O3S. The van der Waals surface area contributed by atoms with Crippen molar-refractivity contribution in [3.63, 3.8) is 0 Å². The van der Waals surface area contributed by atoms with Crippen LogP contribution in [0.1, 0.15) is 31.2 Å². The summed E-state index contributed by atoms with van der Waals surface area (Å²) in [6.07, 6.45) is -2.71. The molecule has 0 aliphatic carbocycles. The topological polar surface area (TPSA) is 80.5 Å². The molecule has 1 aliphatic rings. The molecule has 1 heterocycles. The molecule has 2 rings (SSSR count). The fourth-order valence-corrected chi connectivity index (χ4v) is 4.37. The number of sulfonamides is 1. The number of carbonyl (C=O) groups is 1. The lowest BCUT2D eigenvalue weighted by molar-refractivity contribution is -0.137. The lowest BCUT2D eigenvalue weighted by Gasteiger charge is -2.34. The van der Waals surface area contributed by atoms with Crippen molar-refractivity contribution in [1.29, 1.82) is 0 Å². The third-order valence-electron chi connectivity index (χ3n) is 3.80. The monoisotopic (exact) mass is 350 g/mol. The molecule has 1 fully saturated rings. The van der Waals surface area contributed by atoms with Crippen LogP contribution in [0.3, 0.4) is 0 Å². The minimum Gasteiger partial charge on any atom is -0.370 e. The standard InChI is InChI=1S/C14H17F3N2O3S/c15-14(16,17)10-4-6-12(7-5-10)23(21,22)19-8-2-1-3-11(19)9-13(18)20/h4-7,11H,1-3,8-9H2,(H2,18,20). The van der Waals surface area contributed by atoms with Gasteiger partial charge in [-0.15, -0.1) is 0 Å². The third kappa shape index (κ3) is 4.03. The third-order valence-corrected chi connectivity index (χ3v) is 5.76. The number of hydrogen-bond acceptors (Lipinski definition) is 3. The Morgan fingerprint density at radius 1 is 1.22 bits per heavy atom. The Hall–Kier alpha value is -1.61. The second-order valence-electron chi connectivity index (χ2n) is 5.46. The van der Waals surface area contributed by atoms with Crippen molar-refractivity contribution >= 4 is 15.9 Å². The van der Waals surface area contributed by atoms with Gasteiger partial charge in [0, 0.05) is 19.0 Å². The molecule has 9 heteroatoms. The molecule has 2 N–H and O–H groups in total. The maximum absolute atomic E-state index is 12.6. The van der Waals surface area contributed by atoms with E-state index in [0.29, 0.717) is 12.8 Å². The average Bonchev–Trinajstić information content (AvgIpc) is 2.46. The molecule has 1 aromatic rings. The molecule has 128 valence electrons. The summed E-state index contributed by atoms with van der Waals surface area (Å²) in [6.45, 7) is 0.224. The molecule has 0 spiro atoms. The molecule has 1 aliphatic heterocycles. The van der Waals surface area contributed by atoms with Crippen LogP contribution in [0, 0.1) is 0 Å². The van der Waals surface area contributed by atoms with Crippen LogP contribution in [0.4, 0.5) is 13.2 Å². The minimum absolute atomic E-state index is 0.0974.